The first kappa shape index (κ1) is 16.1. The van der Waals surface area contributed by atoms with Gasteiger partial charge in [0.1, 0.15) is 5.65 Å². The minimum absolute atomic E-state index is 0.319. The molecule has 1 aliphatic rings. The van der Waals surface area contributed by atoms with Gasteiger partial charge in [-0.15, -0.1) is 0 Å². The number of nitrogens with one attached hydrogen (secondary N) is 2. The number of ether oxygens (including phenoxy) is 2. The second kappa shape index (κ2) is 6.55. The average Bonchev–Trinajstić information content (AvgIpc) is 3.34. The standard InChI is InChI=1S/C19H20N6O2/c1-26-18-16-15(12-3-7-25-14(10-12)2-6-21-25)11-20-17(16)23-19(24-18)22-13-4-8-27-9-5-13/h2-3,6-7,10-11,13H,4-5,8-9H2,1H3,(H2,20,22,23,24). The first-order chi connectivity index (χ1) is 13.3. The molecule has 5 rings (SSSR count). The van der Waals surface area contributed by atoms with Crippen molar-refractivity contribution in [1.82, 2.24) is 24.6 Å². The number of fused-ring (bicyclic) bond motifs is 2. The third-order valence-electron chi connectivity index (χ3n) is 4.96. The summed E-state index contributed by atoms with van der Waals surface area (Å²) in [6.45, 7) is 1.53. The van der Waals surface area contributed by atoms with Gasteiger partial charge < -0.3 is 19.8 Å². The van der Waals surface area contributed by atoms with E-state index < -0.39 is 0 Å². The van der Waals surface area contributed by atoms with Gasteiger partial charge >= 0.3 is 0 Å². The summed E-state index contributed by atoms with van der Waals surface area (Å²) in [5.41, 5.74) is 3.84. The Morgan fingerprint density at radius 3 is 3.00 bits per heavy atom. The summed E-state index contributed by atoms with van der Waals surface area (Å²) < 4.78 is 12.8. The topological polar surface area (TPSA) is 89.4 Å². The van der Waals surface area contributed by atoms with Crippen molar-refractivity contribution < 1.29 is 9.47 Å². The molecular formula is C19H20N6O2. The van der Waals surface area contributed by atoms with Gasteiger partial charge in [0.25, 0.3) is 0 Å². The highest BCUT2D eigenvalue weighted by Crippen LogP contribution is 2.34. The monoisotopic (exact) mass is 364 g/mol. The van der Waals surface area contributed by atoms with Crippen molar-refractivity contribution in [3.05, 3.63) is 36.8 Å². The van der Waals surface area contributed by atoms with Crippen molar-refractivity contribution in [3.8, 4) is 17.0 Å². The average molecular weight is 364 g/mol. The zero-order valence-electron chi connectivity index (χ0n) is 15.0. The molecule has 138 valence electrons. The predicted octanol–water partition coefficient (Wildman–Crippen LogP) is 2.87. The molecule has 0 bridgehead atoms. The van der Waals surface area contributed by atoms with Crippen LogP contribution in [-0.4, -0.2) is 50.9 Å². The van der Waals surface area contributed by atoms with Crippen molar-refractivity contribution in [1.29, 1.82) is 0 Å². The maximum Gasteiger partial charge on any atom is 0.228 e. The van der Waals surface area contributed by atoms with Gasteiger partial charge in [-0.25, -0.2) is 4.52 Å². The Bertz CT molecular complexity index is 1100. The van der Waals surface area contributed by atoms with E-state index >= 15 is 0 Å². The first-order valence-corrected chi connectivity index (χ1v) is 9.03. The molecule has 4 aromatic rings. The number of hydrogen-bond acceptors (Lipinski definition) is 6. The predicted molar refractivity (Wildman–Crippen MR) is 102 cm³/mol. The van der Waals surface area contributed by atoms with Crippen LogP contribution in [0.2, 0.25) is 0 Å². The Morgan fingerprint density at radius 2 is 2.15 bits per heavy atom. The van der Waals surface area contributed by atoms with Crippen molar-refractivity contribution in [2.45, 2.75) is 18.9 Å². The van der Waals surface area contributed by atoms with E-state index in [9.17, 15) is 0 Å². The number of nitrogens with zero attached hydrogens (tertiary/aromatic N) is 4. The lowest BCUT2D eigenvalue weighted by Crippen LogP contribution is -2.28. The van der Waals surface area contributed by atoms with Gasteiger partial charge in [0.15, 0.2) is 0 Å². The van der Waals surface area contributed by atoms with E-state index in [-0.39, 0.29) is 0 Å². The Hall–Kier alpha value is -3.13. The third kappa shape index (κ3) is 2.87. The van der Waals surface area contributed by atoms with Crippen LogP contribution >= 0.6 is 0 Å². The molecule has 1 aliphatic heterocycles. The second-order valence-corrected chi connectivity index (χ2v) is 6.63. The van der Waals surface area contributed by atoms with Gasteiger partial charge in [0, 0.05) is 43.4 Å². The SMILES string of the molecule is COc1nc(NC2CCOCC2)nc2[nH]cc(-c3ccn4nccc4c3)c12. The van der Waals surface area contributed by atoms with E-state index in [0.717, 1.165) is 53.7 Å². The summed E-state index contributed by atoms with van der Waals surface area (Å²) >= 11 is 0. The minimum Gasteiger partial charge on any atom is -0.480 e. The zero-order chi connectivity index (χ0) is 18.2. The molecule has 8 heteroatoms. The van der Waals surface area contributed by atoms with E-state index in [2.05, 4.69) is 31.4 Å². The molecule has 0 spiro atoms. The molecule has 1 fully saturated rings. The normalized spacial score (nSPS) is 15.4. The molecular weight excluding hydrogens is 344 g/mol. The quantitative estimate of drug-likeness (QED) is 0.579. The number of rotatable bonds is 4. The highest BCUT2D eigenvalue weighted by atomic mass is 16.5. The Morgan fingerprint density at radius 1 is 1.26 bits per heavy atom. The summed E-state index contributed by atoms with van der Waals surface area (Å²) in [6.07, 6.45) is 7.57. The van der Waals surface area contributed by atoms with Crippen molar-refractivity contribution >= 4 is 22.5 Å². The number of pyridine rings is 1. The van der Waals surface area contributed by atoms with E-state index in [1.807, 2.05) is 29.0 Å². The third-order valence-corrected chi connectivity index (χ3v) is 4.96. The van der Waals surface area contributed by atoms with Crippen LogP contribution in [0.25, 0.3) is 27.7 Å². The summed E-state index contributed by atoms with van der Waals surface area (Å²) in [5, 5.41) is 8.52. The second-order valence-electron chi connectivity index (χ2n) is 6.63. The van der Waals surface area contributed by atoms with Gasteiger partial charge in [-0.1, -0.05) is 0 Å². The molecule has 1 saturated heterocycles. The van der Waals surface area contributed by atoms with Crippen LogP contribution in [-0.2, 0) is 4.74 Å². The molecule has 0 aromatic carbocycles. The summed E-state index contributed by atoms with van der Waals surface area (Å²) in [7, 11) is 1.64. The van der Waals surface area contributed by atoms with Crippen molar-refractivity contribution in [2.75, 3.05) is 25.6 Å². The molecule has 27 heavy (non-hydrogen) atoms. The highest BCUT2D eigenvalue weighted by Gasteiger charge is 2.19. The fourth-order valence-corrected chi connectivity index (χ4v) is 3.55. The van der Waals surface area contributed by atoms with Crippen LogP contribution in [0.3, 0.4) is 0 Å². The van der Waals surface area contributed by atoms with Crippen molar-refractivity contribution in [3.63, 3.8) is 0 Å². The van der Waals surface area contributed by atoms with Crippen LogP contribution in [0.4, 0.5) is 5.95 Å². The summed E-state index contributed by atoms with van der Waals surface area (Å²) in [5.74, 6) is 1.13. The molecule has 4 aromatic heterocycles. The number of H-pyrrole nitrogens is 1. The lowest BCUT2D eigenvalue weighted by atomic mass is 10.1. The molecule has 5 heterocycles. The van der Waals surface area contributed by atoms with E-state index in [0.29, 0.717) is 17.9 Å². The van der Waals surface area contributed by atoms with Gasteiger partial charge in [0.05, 0.1) is 18.0 Å². The number of anilines is 1. The number of aromatic amines is 1. The maximum atomic E-state index is 5.60. The molecule has 0 amide bonds. The lowest BCUT2D eigenvalue weighted by Gasteiger charge is -2.23. The first-order valence-electron chi connectivity index (χ1n) is 9.03. The van der Waals surface area contributed by atoms with Gasteiger partial charge in [-0.2, -0.15) is 15.1 Å². The van der Waals surface area contributed by atoms with Gasteiger partial charge in [-0.05, 0) is 36.6 Å². The van der Waals surface area contributed by atoms with E-state index in [1.165, 1.54) is 0 Å². The fourth-order valence-electron chi connectivity index (χ4n) is 3.55. The smallest absolute Gasteiger partial charge is 0.228 e. The Balaban J connectivity index is 1.56. The molecule has 0 radical (unpaired) electrons. The molecule has 2 N–H and O–H groups in total. The van der Waals surface area contributed by atoms with Crippen LogP contribution in [0.15, 0.2) is 36.8 Å². The van der Waals surface area contributed by atoms with Gasteiger partial charge in [-0.3, -0.25) is 0 Å². The Labute approximate surface area is 155 Å². The van der Waals surface area contributed by atoms with E-state index in [4.69, 9.17) is 9.47 Å². The number of aromatic nitrogens is 5. The van der Waals surface area contributed by atoms with Crippen LogP contribution in [0.5, 0.6) is 5.88 Å². The molecule has 0 unspecified atom stereocenters. The maximum absolute atomic E-state index is 5.60. The number of methoxy groups -OCH3 is 1. The van der Waals surface area contributed by atoms with Crippen molar-refractivity contribution in [2.24, 2.45) is 0 Å². The largest absolute Gasteiger partial charge is 0.480 e. The lowest BCUT2D eigenvalue weighted by molar-refractivity contribution is 0.0903. The van der Waals surface area contributed by atoms with E-state index in [1.54, 1.807) is 13.3 Å². The molecule has 8 nitrogen and oxygen atoms in total. The zero-order valence-corrected chi connectivity index (χ0v) is 15.0. The molecule has 0 saturated carbocycles. The minimum atomic E-state index is 0.319. The molecule has 0 aliphatic carbocycles. The van der Waals surface area contributed by atoms with Gasteiger partial charge in [0.2, 0.25) is 11.8 Å². The Kier molecular flexibility index (Phi) is 3.90. The van der Waals surface area contributed by atoms with Crippen LogP contribution < -0.4 is 10.1 Å². The fraction of sp³-hybridized carbons (Fsp3) is 0.316. The van der Waals surface area contributed by atoms with Crippen LogP contribution in [0.1, 0.15) is 12.8 Å². The highest BCUT2D eigenvalue weighted by molar-refractivity contribution is 5.98. The molecule has 0 atom stereocenters. The number of hydrogen-bond donors (Lipinski definition) is 2. The summed E-state index contributed by atoms with van der Waals surface area (Å²) in [6, 6.07) is 6.40. The van der Waals surface area contributed by atoms with Crippen LogP contribution in [0, 0.1) is 0 Å². The summed E-state index contributed by atoms with van der Waals surface area (Å²) in [4.78, 5) is 12.5.